The normalized spacial score (nSPS) is 24.9. The highest BCUT2D eigenvalue weighted by atomic mass is 35.5. The highest BCUT2D eigenvalue weighted by molar-refractivity contribution is 7.11. The maximum Gasteiger partial charge on any atom is 0.338 e. The van der Waals surface area contributed by atoms with Gasteiger partial charge in [-0.2, -0.15) is 0 Å². The molecule has 2 fully saturated rings. The number of carbonyl (C=O) groups is 2. The van der Waals surface area contributed by atoms with Crippen LogP contribution in [-0.2, 0) is 19.1 Å². The maximum atomic E-state index is 13.8. The van der Waals surface area contributed by atoms with Gasteiger partial charge in [0, 0.05) is 40.9 Å². The number of carbonyl (C=O) groups excluding carboxylic acids is 2. The zero-order valence-electron chi connectivity index (χ0n) is 18.1. The van der Waals surface area contributed by atoms with Crippen LogP contribution in [0, 0.1) is 5.82 Å². The summed E-state index contributed by atoms with van der Waals surface area (Å²) in [6.45, 7) is 1.40. The van der Waals surface area contributed by atoms with Gasteiger partial charge < -0.3 is 20.1 Å². The third kappa shape index (κ3) is 4.20. The fourth-order valence-corrected chi connectivity index (χ4v) is 5.25. The zero-order chi connectivity index (χ0) is 23.8. The quantitative estimate of drug-likeness (QED) is 0.595. The fourth-order valence-electron chi connectivity index (χ4n) is 4.39. The predicted molar refractivity (Wildman–Crippen MR) is 123 cm³/mol. The monoisotopic (exact) mass is 505 g/mol. The van der Waals surface area contributed by atoms with Crippen LogP contribution in [0.25, 0.3) is 0 Å². The summed E-state index contributed by atoms with van der Waals surface area (Å²) < 4.78 is 24.5. The molecule has 12 heteroatoms. The van der Waals surface area contributed by atoms with E-state index >= 15 is 0 Å². The Morgan fingerprint density at radius 1 is 1.41 bits per heavy atom. The smallest absolute Gasteiger partial charge is 0.338 e. The summed E-state index contributed by atoms with van der Waals surface area (Å²) in [5, 5.41) is 8.72. The number of amidine groups is 1. The molecular formula is C22H21ClFN5O4S. The summed E-state index contributed by atoms with van der Waals surface area (Å²) in [5.74, 6) is -0.773. The van der Waals surface area contributed by atoms with Gasteiger partial charge in [-0.25, -0.2) is 14.2 Å². The molecule has 3 aliphatic heterocycles. The van der Waals surface area contributed by atoms with Gasteiger partial charge in [-0.15, -0.1) is 11.3 Å². The maximum absolute atomic E-state index is 13.8. The number of rotatable bonds is 5. The predicted octanol–water partition coefficient (Wildman–Crippen LogP) is 1.65. The number of thiazole rings is 1. The van der Waals surface area contributed by atoms with Crippen LogP contribution >= 0.6 is 22.9 Å². The van der Waals surface area contributed by atoms with Gasteiger partial charge in [0.15, 0.2) is 10.8 Å². The number of hydrogen-bond acceptors (Lipinski definition) is 9. The molecule has 3 atom stereocenters. The molecule has 2 aromatic rings. The van der Waals surface area contributed by atoms with Gasteiger partial charge in [-0.3, -0.25) is 14.7 Å². The van der Waals surface area contributed by atoms with Crippen molar-refractivity contribution in [1.82, 2.24) is 20.5 Å². The topological polar surface area (TPSA) is 105 Å². The lowest BCUT2D eigenvalue weighted by Crippen LogP contribution is -2.67. The van der Waals surface area contributed by atoms with Crippen molar-refractivity contribution in [3.63, 3.8) is 0 Å². The van der Waals surface area contributed by atoms with E-state index in [4.69, 9.17) is 26.1 Å². The molecule has 2 bridgehead atoms. The number of halogens is 2. The molecule has 5 rings (SSSR count). The van der Waals surface area contributed by atoms with Crippen LogP contribution < -0.4 is 10.6 Å². The first-order valence-corrected chi connectivity index (χ1v) is 11.8. The fraction of sp³-hybridized carbons (Fsp3) is 0.364. The van der Waals surface area contributed by atoms with E-state index in [9.17, 15) is 14.0 Å². The summed E-state index contributed by atoms with van der Waals surface area (Å²) in [6.07, 6.45) is 1.65. The van der Waals surface area contributed by atoms with Gasteiger partial charge >= 0.3 is 5.97 Å². The highest BCUT2D eigenvalue weighted by Crippen LogP contribution is 2.37. The molecule has 1 aromatic heterocycles. The van der Waals surface area contributed by atoms with Gasteiger partial charge in [0.2, 0.25) is 5.91 Å². The molecule has 0 saturated carbocycles. The van der Waals surface area contributed by atoms with Crippen LogP contribution in [0.5, 0.6) is 0 Å². The Morgan fingerprint density at radius 3 is 3.00 bits per heavy atom. The number of morpholine rings is 1. The molecule has 3 aliphatic rings. The van der Waals surface area contributed by atoms with Crippen molar-refractivity contribution >= 4 is 40.6 Å². The summed E-state index contributed by atoms with van der Waals surface area (Å²) >= 11 is 7.77. The van der Waals surface area contributed by atoms with Gasteiger partial charge in [-0.1, -0.05) is 17.7 Å². The van der Waals surface area contributed by atoms with E-state index in [1.165, 1.54) is 36.6 Å². The minimum Gasteiger partial charge on any atom is -0.466 e. The summed E-state index contributed by atoms with van der Waals surface area (Å²) in [6, 6.07) is 2.56. The molecule has 178 valence electrons. The molecule has 1 amide bonds. The van der Waals surface area contributed by atoms with Crippen LogP contribution in [-0.4, -0.2) is 73.1 Å². The molecular weight excluding hydrogens is 485 g/mol. The number of amides is 1. The van der Waals surface area contributed by atoms with E-state index in [0.29, 0.717) is 35.3 Å². The van der Waals surface area contributed by atoms with E-state index < -0.39 is 23.9 Å². The Labute approximate surface area is 203 Å². The largest absolute Gasteiger partial charge is 0.466 e. The summed E-state index contributed by atoms with van der Waals surface area (Å²) in [7, 11) is 1.28. The third-order valence-electron chi connectivity index (χ3n) is 6.03. The summed E-state index contributed by atoms with van der Waals surface area (Å²) in [4.78, 5) is 36.6. The lowest BCUT2D eigenvalue weighted by molar-refractivity contribution is -0.142. The second-order valence-electron chi connectivity index (χ2n) is 8.02. The Bertz CT molecular complexity index is 1190. The molecule has 0 spiro atoms. The number of hydrogen-bond donors (Lipinski definition) is 2. The molecule has 0 aliphatic carbocycles. The molecule has 0 radical (unpaired) electrons. The van der Waals surface area contributed by atoms with Gasteiger partial charge in [-0.05, 0) is 12.1 Å². The van der Waals surface area contributed by atoms with Crippen LogP contribution in [0.1, 0.15) is 16.6 Å². The van der Waals surface area contributed by atoms with Crippen molar-refractivity contribution < 1.29 is 23.5 Å². The average molecular weight is 506 g/mol. The Balaban J connectivity index is 1.62. The van der Waals surface area contributed by atoms with Crippen LogP contribution in [0.15, 0.2) is 46.0 Å². The van der Waals surface area contributed by atoms with E-state index in [0.717, 1.165) is 0 Å². The first-order valence-electron chi connectivity index (χ1n) is 10.6. The second-order valence-corrected chi connectivity index (χ2v) is 9.32. The van der Waals surface area contributed by atoms with Crippen molar-refractivity contribution in [2.45, 2.75) is 18.1 Å². The lowest BCUT2D eigenvalue weighted by Gasteiger charge is -2.45. The number of ether oxygens (including phenoxy) is 2. The van der Waals surface area contributed by atoms with Crippen molar-refractivity contribution in [3.05, 3.63) is 62.5 Å². The molecule has 9 nitrogen and oxygen atoms in total. The number of nitrogens with one attached hydrogen (secondary N) is 2. The Kier molecular flexibility index (Phi) is 6.34. The minimum atomic E-state index is -0.856. The molecule has 3 unspecified atom stereocenters. The van der Waals surface area contributed by atoms with Crippen molar-refractivity contribution in [1.29, 1.82) is 0 Å². The van der Waals surface area contributed by atoms with Crippen LogP contribution in [0.4, 0.5) is 4.39 Å². The van der Waals surface area contributed by atoms with E-state index in [2.05, 4.69) is 15.6 Å². The zero-order valence-corrected chi connectivity index (χ0v) is 19.7. The average Bonchev–Trinajstić information content (AvgIpc) is 3.36. The first kappa shape index (κ1) is 22.9. The lowest BCUT2D eigenvalue weighted by atomic mass is 9.94. The minimum absolute atomic E-state index is 0.0558. The highest BCUT2D eigenvalue weighted by Gasteiger charge is 2.42. The van der Waals surface area contributed by atoms with Crippen molar-refractivity contribution in [3.8, 4) is 0 Å². The SMILES string of the molecule is COC(=O)C1=C(CN2C3CNC(=O)C2COC3)NC(c2nccs2)=NC1c1ccc(F)cc1Cl. The number of piperazine rings is 1. The van der Waals surface area contributed by atoms with Crippen LogP contribution in [0.3, 0.4) is 0 Å². The third-order valence-corrected chi connectivity index (χ3v) is 7.14. The van der Waals surface area contributed by atoms with Gasteiger partial charge in [0.05, 0.1) is 31.9 Å². The van der Waals surface area contributed by atoms with Crippen LogP contribution in [0.2, 0.25) is 5.02 Å². The molecule has 4 heterocycles. The number of esters is 1. The van der Waals surface area contributed by atoms with Gasteiger partial charge in [0.1, 0.15) is 17.9 Å². The van der Waals surface area contributed by atoms with E-state index in [1.54, 1.807) is 6.20 Å². The van der Waals surface area contributed by atoms with E-state index in [-0.39, 0.29) is 35.7 Å². The standard InChI is InChI=1S/C22H21ClFN5O4S/c1-32-22(31)17-15(8-29-12-7-26-20(30)16(29)10-33-9-12)27-19(21-25-4-5-34-21)28-18(17)13-3-2-11(24)6-14(13)23/h2-6,12,16,18H,7-10H2,1H3,(H,26,30)(H,27,28). The van der Waals surface area contributed by atoms with E-state index in [1.807, 2.05) is 10.3 Å². The van der Waals surface area contributed by atoms with Crippen molar-refractivity contribution in [2.24, 2.45) is 4.99 Å². The van der Waals surface area contributed by atoms with Crippen molar-refractivity contribution in [2.75, 3.05) is 33.4 Å². The molecule has 2 N–H and O–H groups in total. The number of aliphatic imine (C=N–C) groups is 1. The number of benzene rings is 1. The Hall–Kier alpha value is -2.86. The number of fused-ring (bicyclic) bond motifs is 2. The summed E-state index contributed by atoms with van der Waals surface area (Å²) in [5.41, 5.74) is 1.21. The Morgan fingerprint density at radius 2 is 2.26 bits per heavy atom. The number of aromatic nitrogens is 1. The molecule has 1 aromatic carbocycles. The number of methoxy groups -OCH3 is 1. The second kappa shape index (κ2) is 9.41. The van der Waals surface area contributed by atoms with Gasteiger partial charge in [0.25, 0.3) is 0 Å². The first-order chi connectivity index (χ1) is 16.5. The molecule has 2 saturated heterocycles. The molecule has 34 heavy (non-hydrogen) atoms. The number of nitrogens with zero attached hydrogens (tertiary/aromatic N) is 3.